The van der Waals surface area contributed by atoms with Crippen LogP contribution >= 0.6 is 0 Å². The Kier molecular flexibility index (Phi) is 8.30. The van der Waals surface area contributed by atoms with Gasteiger partial charge < -0.3 is 29.9 Å². The molecule has 0 bridgehead atoms. The fourth-order valence-corrected chi connectivity index (χ4v) is 2.58. The van der Waals surface area contributed by atoms with Gasteiger partial charge in [0.15, 0.2) is 17.0 Å². The minimum Gasteiger partial charge on any atom is -0.478 e. The van der Waals surface area contributed by atoms with E-state index in [4.69, 9.17) is 19.7 Å². The van der Waals surface area contributed by atoms with E-state index in [1.807, 2.05) is 11.5 Å². The molecule has 0 amide bonds. The number of rotatable bonds is 7. The summed E-state index contributed by atoms with van der Waals surface area (Å²) in [6, 6.07) is 0.386. The van der Waals surface area contributed by atoms with E-state index in [1.165, 1.54) is 0 Å². The lowest BCUT2D eigenvalue weighted by molar-refractivity contribution is -0.134. The third kappa shape index (κ3) is 6.40. The highest BCUT2D eigenvalue weighted by molar-refractivity contribution is 5.89. The smallest absolute Gasteiger partial charge is 0.328 e. The van der Waals surface area contributed by atoms with E-state index in [-0.39, 0.29) is 0 Å². The lowest BCUT2D eigenvalue weighted by Crippen LogP contribution is -2.44. The van der Waals surface area contributed by atoms with Gasteiger partial charge in [-0.1, -0.05) is 0 Å². The average molecular weight is 408 g/mol. The quantitative estimate of drug-likeness (QED) is 0.529. The number of imidazole rings is 1. The van der Waals surface area contributed by atoms with Crippen molar-refractivity contribution in [2.45, 2.75) is 13.7 Å². The predicted octanol–water partition coefficient (Wildman–Crippen LogP) is -0.0497. The second-order valence-electron chi connectivity index (χ2n) is 5.81. The highest BCUT2D eigenvalue weighted by atomic mass is 16.5. The third-order valence-electron chi connectivity index (χ3n) is 3.75. The summed E-state index contributed by atoms with van der Waals surface area (Å²) in [5.74, 6) is -1.68. The summed E-state index contributed by atoms with van der Waals surface area (Å²) in [7, 11) is 1.65. The second kappa shape index (κ2) is 10.9. The summed E-state index contributed by atoms with van der Waals surface area (Å²) < 4.78 is 12.5. The molecule has 1 aliphatic heterocycles. The number of methoxy groups -OCH3 is 1. The molecule has 0 saturated carbocycles. The zero-order valence-corrected chi connectivity index (χ0v) is 16.2. The number of piperazine rings is 1. The van der Waals surface area contributed by atoms with Crippen LogP contribution in [0.2, 0.25) is 0 Å². The van der Waals surface area contributed by atoms with E-state index >= 15 is 0 Å². The van der Waals surface area contributed by atoms with Gasteiger partial charge in [0.1, 0.15) is 6.73 Å². The molecule has 1 aliphatic rings. The van der Waals surface area contributed by atoms with Gasteiger partial charge in [0.2, 0.25) is 0 Å². The van der Waals surface area contributed by atoms with Crippen LogP contribution in [0.25, 0.3) is 11.2 Å². The maximum Gasteiger partial charge on any atom is 0.328 e. The molecular formula is C17H24N6O6. The number of carboxylic acids is 2. The number of ether oxygens (including phenoxy) is 2. The normalized spacial score (nSPS) is 13.9. The first kappa shape index (κ1) is 22.0. The summed E-state index contributed by atoms with van der Waals surface area (Å²) in [4.78, 5) is 34.8. The summed E-state index contributed by atoms with van der Waals surface area (Å²) in [6.07, 6.45) is 2.84. The Hall–Kier alpha value is -3.25. The molecule has 0 radical (unpaired) electrons. The zero-order valence-electron chi connectivity index (χ0n) is 16.2. The van der Waals surface area contributed by atoms with Gasteiger partial charge in [-0.25, -0.2) is 14.6 Å². The number of nitrogens with zero attached hydrogens (tertiary/aromatic N) is 5. The molecule has 1 fully saturated rings. The van der Waals surface area contributed by atoms with Gasteiger partial charge in [0.25, 0.3) is 0 Å². The molecule has 12 heteroatoms. The lowest BCUT2D eigenvalue weighted by Gasteiger charge is -2.28. The molecule has 2 aromatic heterocycles. The van der Waals surface area contributed by atoms with Crippen molar-refractivity contribution in [3.05, 3.63) is 18.5 Å². The maximum atomic E-state index is 9.55. The lowest BCUT2D eigenvalue weighted by atomic mass is 10.3. The van der Waals surface area contributed by atoms with Gasteiger partial charge in [0.05, 0.1) is 12.9 Å². The number of nitrogens with one attached hydrogen (secondary N) is 1. The van der Waals surface area contributed by atoms with Crippen LogP contribution in [0, 0.1) is 0 Å². The molecule has 3 rings (SSSR count). The topological polar surface area (TPSA) is 152 Å². The fourth-order valence-electron chi connectivity index (χ4n) is 2.58. The van der Waals surface area contributed by atoms with Gasteiger partial charge in [-0.2, -0.15) is 9.97 Å². The second-order valence-corrected chi connectivity index (χ2v) is 5.81. The molecule has 29 heavy (non-hydrogen) atoms. The number of anilines is 1. The molecule has 3 N–H and O–H groups in total. The third-order valence-corrected chi connectivity index (χ3v) is 3.75. The van der Waals surface area contributed by atoms with Gasteiger partial charge in [-0.05, 0) is 6.92 Å². The van der Waals surface area contributed by atoms with Crippen molar-refractivity contribution in [1.82, 2.24) is 24.8 Å². The van der Waals surface area contributed by atoms with Crippen LogP contribution in [0.3, 0.4) is 0 Å². The minimum atomic E-state index is -1.26. The van der Waals surface area contributed by atoms with Crippen LogP contribution in [0.5, 0.6) is 6.01 Å². The fraction of sp³-hybridized carbons (Fsp3) is 0.471. The standard InChI is InChI=1S/C13H20N6O2.C4H4O4/c1-3-21-13-16-11(18-6-4-14-5-7-18)10-12(17-13)19(8-15-10)9-20-2;5-3(6)1-2-4(7)8/h8,14H,3-7,9H2,1-2H3;1-2H,(H,5,6)(H,7,8). The molecule has 158 valence electrons. The van der Waals surface area contributed by atoms with E-state index in [0.717, 1.165) is 43.2 Å². The van der Waals surface area contributed by atoms with E-state index < -0.39 is 11.9 Å². The van der Waals surface area contributed by atoms with Gasteiger partial charge >= 0.3 is 17.9 Å². The number of carbonyl (C=O) groups is 2. The maximum absolute atomic E-state index is 9.55. The number of aliphatic carboxylic acids is 2. The van der Waals surface area contributed by atoms with E-state index in [9.17, 15) is 9.59 Å². The largest absolute Gasteiger partial charge is 0.478 e. The highest BCUT2D eigenvalue weighted by Gasteiger charge is 2.20. The monoisotopic (exact) mass is 408 g/mol. The highest BCUT2D eigenvalue weighted by Crippen LogP contribution is 2.25. The Morgan fingerprint density at radius 1 is 1.21 bits per heavy atom. The first-order valence-corrected chi connectivity index (χ1v) is 8.90. The first-order chi connectivity index (χ1) is 14.0. The molecule has 1 saturated heterocycles. The molecule has 3 heterocycles. The molecule has 0 spiro atoms. The predicted molar refractivity (Wildman–Crippen MR) is 103 cm³/mol. The first-order valence-electron chi connectivity index (χ1n) is 8.90. The molecule has 2 aromatic rings. The van der Waals surface area contributed by atoms with Crippen LogP contribution in [-0.2, 0) is 21.1 Å². The van der Waals surface area contributed by atoms with Crippen LogP contribution < -0.4 is 15.0 Å². The van der Waals surface area contributed by atoms with Crippen molar-refractivity contribution in [3.8, 4) is 6.01 Å². The summed E-state index contributed by atoms with van der Waals surface area (Å²) in [5, 5.41) is 19.0. The molecule has 0 atom stereocenters. The summed E-state index contributed by atoms with van der Waals surface area (Å²) in [5.41, 5.74) is 1.53. The Morgan fingerprint density at radius 3 is 2.41 bits per heavy atom. The van der Waals surface area contributed by atoms with Crippen LogP contribution in [-0.4, -0.2) is 81.6 Å². The summed E-state index contributed by atoms with van der Waals surface area (Å²) >= 11 is 0. The van der Waals surface area contributed by atoms with Gasteiger partial charge in [-0.3, -0.25) is 4.57 Å². The Morgan fingerprint density at radius 2 is 1.86 bits per heavy atom. The van der Waals surface area contributed by atoms with Crippen molar-refractivity contribution in [2.24, 2.45) is 0 Å². The number of hydrogen-bond donors (Lipinski definition) is 3. The number of aromatic nitrogens is 4. The number of hydrogen-bond acceptors (Lipinski definition) is 9. The molecular weight excluding hydrogens is 384 g/mol. The van der Waals surface area contributed by atoms with Crippen molar-refractivity contribution >= 4 is 28.9 Å². The van der Waals surface area contributed by atoms with Crippen LogP contribution in [0.4, 0.5) is 5.82 Å². The zero-order chi connectivity index (χ0) is 21.2. The Bertz CT molecular complexity index is 845. The van der Waals surface area contributed by atoms with Crippen LogP contribution in [0.15, 0.2) is 18.5 Å². The minimum absolute atomic E-state index is 0.386. The van der Waals surface area contributed by atoms with E-state index in [2.05, 4.69) is 25.2 Å². The molecule has 0 unspecified atom stereocenters. The Labute approximate surface area is 166 Å². The van der Waals surface area contributed by atoms with Crippen molar-refractivity contribution in [1.29, 1.82) is 0 Å². The SMILES string of the molecule is CCOc1nc(N2CCNCC2)c2ncn(COC)c2n1.O=C(O)C=CC(=O)O. The van der Waals surface area contributed by atoms with Crippen molar-refractivity contribution in [2.75, 3.05) is 44.8 Å². The molecule has 0 aliphatic carbocycles. The Balaban J connectivity index is 0.000000321. The molecule has 12 nitrogen and oxygen atoms in total. The number of carboxylic acid groups (broad SMARTS) is 2. The number of fused-ring (bicyclic) bond motifs is 1. The van der Waals surface area contributed by atoms with Gasteiger partial charge in [-0.15, -0.1) is 0 Å². The van der Waals surface area contributed by atoms with E-state index in [1.54, 1.807) is 13.4 Å². The van der Waals surface area contributed by atoms with Crippen LogP contribution in [0.1, 0.15) is 6.92 Å². The molecule has 0 aromatic carbocycles. The average Bonchev–Trinajstić information content (AvgIpc) is 3.10. The summed E-state index contributed by atoms with van der Waals surface area (Å²) in [6.45, 7) is 6.53. The van der Waals surface area contributed by atoms with Crippen molar-refractivity contribution in [3.63, 3.8) is 0 Å². The van der Waals surface area contributed by atoms with Crippen molar-refractivity contribution < 1.29 is 29.3 Å². The van der Waals surface area contributed by atoms with Gasteiger partial charge in [0, 0.05) is 45.4 Å². The van der Waals surface area contributed by atoms with E-state index in [0.29, 0.717) is 31.5 Å².